The van der Waals surface area contributed by atoms with Gasteiger partial charge in [0, 0.05) is 6.54 Å². The van der Waals surface area contributed by atoms with Crippen LogP contribution in [0.3, 0.4) is 0 Å². The Hall–Kier alpha value is -1.13. The third-order valence-electron chi connectivity index (χ3n) is 5.53. The van der Waals surface area contributed by atoms with Gasteiger partial charge in [-0.2, -0.15) is 0 Å². The van der Waals surface area contributed by atoms with Crippen LogP contribution < -0.4 is 10.6 Å². The molecule has 134 valence electrons. The van der Waals surface area contributed by atoms with Crippen LogP contribution in [0.1, 0.15) is 50.5 Å². The highest BCUT2D eigenvalue weighted by atomic mass is 35.5. The van der Waals surface area contributed by atoms with Crippen molar-refractivity contribution in [2.45, 2.75) is 50.4 Å². The number of halogens is 2. The summed E-state index contributed by atoms with van der Waals surface area (Å²) in [6.07, 6.45) is 7.40. The SMILES string of the molecule is Cl.O=C(NCCC1CCCNC1)C1(c2ccc(F)cc2)CCCC1. The lowest BCUT2D eigenvalue weighted by Crippen LogP contribution is -2.43. The molecule has 1 aliphatic carbocycles. The minimum atomic E-state index is -0.446. The van der Waals surface area contributed by atoms with Gasteiger partial charge in [-0.05, 0) is 68.8 Å². The van der Waals surface area contributed by atoms with Crippen LogP contribution in [0.2, 0.25) is 0 Å². The zero-order chi connectivity index (χ0) is 16.1. The molecule has 3 nitrogen and oxygen atoms in total. The van der Waals surface area contributed by atoms with E-state index in [0.29, 0.717) is 5.92 Å². The molecule has 1 heterocycles. The molecule has 1 saturated carbocycles. The molecule has 3 rings (SSSR count). The number of benzene rings is 1. The number of nitrogens with one attached hydrogen (secondary N) is 2. The fraction of sp³-hybridized carbons (Fsp3) is 0.632. The highest BCUT2D eigenvalue weighted by Gasteiger charge is 2.42. The first kappa shape index (κ1) is 19.2. The van der Waals surface area contributed by atoms with Gasteiger partial charge in [-0.3, -0.25) is 4.79 Å². The Bertz CT molecular complexity index is 523. The molecule has 0 bridgehead atoms. The Morgan fingerprint density at radius 1 is 1.21 bits per heavy atom. The smallest absolute Gasteiger partial charge is 0.230 e. The summed E-state index contributed by atoms with van der Waals surface area (Å²) in [6.45, 7) is 2.93. The summed E-state index contributed by atoms with van der Waals surface area (Å²) >= 11 is 0. The topological polar surface area (TPSA) is 41.1 Å². The maximum atomic E-state index is 13.2. The summed E-state index contributed by atoms with van der Waals surface area (Å²) in [4.78, 5) is 12.9. The summed E-state index contributed by atoms with van der Waals surface area (Å²) in [6, 6.07) is 6.50. The predicted octanol–water partition coefficient (Wildman–Crippen LogP) is 3.57. The lowest BCUT2D eigenvalue weighted by atomic mass is 9.78. The van der Waals surface area contributed by atoms with Gasteiger partial charge < -0.3 is 10.6 Å². The summed E-state index contributed by atoms with van der Waals surface area (Å²) in [7, 11) is 0. The molecule has 2 aliphatic rings. The van der Waals surface area contributed by atoms with Gasteiger partial charge >= 0.3 is 0 Å². The molecular formula is C19H28ClFN2O. The van der Waals surface area contributed by atoms with E-state index < -0.39 is 5.41 Å². The standard InChI is InChI=1S/C19H27FN2O.ClH/c20-17-7-5-16(6-8-17)19(10-1-2-11-19)18(23)22-13-9-15-4-3-12-21-14-15;/h5-8,15,21H,1-4,9-14H2,(H,22,23);1H. The van der Waals surface area contributed by atoms with Crippen LogP contribution in [0.5, 0.6) is 0 Å². The molecule has 5 heteroatoms. The van der Waals surface area contributed by atoms with E-state index in [9.17, 15) is 9.18 Å². The third-order valence-corrected chi connectivity index (χ3v) is 5.53. The van der Waals surface area contributed by atoms with Crippen LogP contribution in [0.4, 0.5) is 4.39 Å². The largest absolute Gasteiger partial charge is 0.355 e. The van der Waals surface area contributed by atoms with Crippen molar-refractivity contribution < 1.29 is 9.18 Å². The number of hydrogen-bond acceptors (Lipinski definition) is 2. The molecule has 1 atom stereocenters. The van der Waals surface area contributed by atoms with Crippen molar-refractivity contribution >= 4 is 18.3 Å². The van der Waals surface area contributed by atoms with E-state index in [4.69, 9.17) is 0 Å². The van der Waals surface area contributed by atoms with Crippen molar-refractivity contribution in [2.75, 3.05) is 19.6 Å². The van der Waals surface area contributed by atoms with Gasteiger partial charge in [0.05, 0.1) is 5.41 Å². The van der Waals surface area contributed by atoms with Gasteiger partial charge in [-0.1, -0.05) is 25.0 Å². The highest BCUT2D eigenvalue weighted by Crippen LogP contribution is 2.41. The molecule has 2 fully saturated rings. The maximum absolute atomic E-state index is 13.2. The molecule has 0 aromatic heterocycles. The van der Waals surface area contributed by atoms with Gasteiger partial charge in [-0.25, -0.2) is 4.39 Å². The second-order valence-electron chi connectivity index (χ2n) is 7.05. The molecule has 1 aromatic carbocycles. The first-order valence-corrected chi connectivity index (χ1v) is 8.96. The van der Waals surface area contributed by atoms with E-state index in [1.54, 1.807) is 12.1 Å². The Morgan fingerprint density at radius 3 is 2.54 bits per heavy atom. The van der Waals surface area contributed by atoms with Crippen LogP contribution in [0, 0.1) is 11.7 Å². The van der Waals surface area contributed by atoms with E-state index in [2.05, 4.69) is 10.6 Å². The van der Waals surface area contributed by atoms with Crippen molar-refractivity contribution in [1.82, 2.24) is 10.6 Å². The molecular weight excluding hydrogens is 327 g/mol. The van der Waals surface area contributed by atoms with E-state index >= 15 is 0 Å². The van der Waals surface area contributed by atoms with E-state index in [1.807, 2.05) is 0 Å². The summed E-state index contributed by atoms with van der Waals surface area (Å²) in [5.74, 6) is 0.562. The predicted molar refractivity (Wildman–Crippen MR) is 97.0 cm³/mol. The summed E-state index contributed by atoms with van der Waals surface area (Å²) < 4.78 is 13.2. The maximum Gasteiger partial charge on any atom is 0.230 e. The molecule has 1 aliphatic heterocycles. The van der Waals surface area contributed by atoms with Crippen molar-refractivity contribution in [1.29, 1.82) is 0 Å². The second-order valence-corrected chi connectivity index (χ2v) is 7.05. The lowest BCUT2D eigenvalue weighted by Gasteiger charge is -2.29. The molecule has 0 spiro atoms. The molecule has 1 amide bonds. The third kappa shape index (κ3) is 4.28. The fourth-order valence-electron chi connectivity index (χ4n) is 4.12. The molecule has 1 saturated heterocycles. The molecule has 0 radical (unpaired) electrons. The van der Waals surface area contributed by atoms with Crippen LogP contribution >= 0.6 is 12.4 Å². The number of piperidine rings is 1. The first-order chi connectivity index (χ1) is 11.2. The van der Waals surface area contributed by atoms with Crippen molar-refractivity contribution in [2.24, 2.45) is 5.92 Å². The van der Waals surface area contributed by atoms with Gasteiger partial charge in [0.25, 0.3) is 0 Å². The molecule has 1 unspecified atom stereocenters. The Kier molecular flexibility index (Phi) is 7.05. The van der Waals surface area contributed by atoms with Gasteiger partial charge in [0.2, 0.25) is 5.91 Å². The van der Waals surface area contributed by atoms with E-state index in [1.165, 1.54) is 25.0 Å². The Morgan fingerprint density at radius 2 is 1.92 bits per heavy atom. The van der Waals surface area contributed by atoms with Crippen molar-refractivity contribution in [3.8, 4) is 0 Å². The lowest BCUT2D eigenvalue weighted by molar-refractivity contribution is -0.126. The summed E-state index contributed by atoms with van der Waals surface area (Å²) in [5.41, 5.74) is 0.520. The Balaban J connectivity index is 0.00000208. The van der Waals surface area contributed by atoms with Crippen LogP contribution in [-0.2, 0) is 10.2 Å². The summed E-state index contributed by atoms with van der Waals surface area (Å²) in [5, 5.41) is 6.58. The molecule has 24 heavy (non-hydrogen) atoms. The highest BCUT2D eigenvalue weighted by molar-refractivity contribution is 5.88. The van der Waals surface area contributed by atoms with Crippen molar-refractivity contribution in [3.05, 3.63) is 35.6 Å². The zero-order valence-electron chi connectivity index (χ0n) is 14.2. The normalized spacial score (nSPS) is 22.6. The molecule has 2 N–H and O–H groups in total. The Labute approximate surface area is 150 Å². The number of carbonyl (C=O) groups is 1. The fourth-order valence-corrected chi connectivity index (χ4v) is 4.12. The minimum absolute atomic E-state index is 0. The van der Waals surface area contributed by atoms with Crippen LogP contribution in [0.25, 0.3) is 0 Å². The second kappa shape index (κ2) is 8.82. The van der Waals surface area contributed by atoms with E-state index in [-0.39, 0.29) is 24.1 Å². The monoisotopic (exact) mass is 354 g/mol. The average Bonchev–Trinajstić information content (AvgIpc) is 3.07. The number of hydrogen-bond donors (Lipinski definition) is 2. The number of carbonyl (C=O) groups excluding carboxylic acids is 1. The van der Waals surface area contributed by atoms with Crippen molar-refractivity contribution in [3.63, 3.8) is 0 Å². The van der Waals surface area contributed by atoms with Gasteiger partial charge in [0.15, 0.2) is 0 Å². The number of rotatable bonds is 5. The average molecular weight is 355 g/mol. The minimum Gasteiger partial charge on any atom is -0.355 e. The first-order valence-electron chi connectivity index (χ1n) is 8.96. The quantitative estimate of drug-likeness (QED) is 0.848. The van der Waals surface area contributed by atoms with Crippen LogP contribution in [0.15, 0.2) is 24.3 Å². The molecule has 1 aromatic rings. The number of amides is 1. The van der Waals surface area contributed by atoms with Gasteiger partial charge in [-0.15, -0.1) is 12.4 Å². The van der Waals surface area contributed by atoms with E-state index in [0.717, 1.165) is 57.3 Å². The van der Waals surface area contributed by atoms with Crippen LogP contribution in [-0.4, -0.2) is 25.5 Å². The van der Waals surface area contributed by atoms with Gasteiger partial charge in [0.1, 0.15) is 5.82 Å². The zero-order valence-corrected chi connectivity index (χ0v) is 15.0.